The third kappa shape index (κ3) is 4.76. The third-order valence-electron chi connectivity index (χ3n) is 2.94. The van der Waals surface area contributed by atoms with Crippen LogP contribution in [0.25, 0.3) is 0 Å². The number of rotatable bonds is 4. The Morgan fingerprint density at radius 1 is 1.00 bits per heavy atom. The van der Waals surface area contributed by atoms with Gasteiger partial charge in [-0.3, -0.25) is 0 Å². The minimum atomic E-state index is 0. The van der Waals surface area contributed by atoms with Gasteiger partial charge in [0.1, 0.15) is 0 Å². The summed E-state index contributed by atoms with van der Waals surface area (Å²) in [7, 11) is 0. The van der Waals surface area contributed by atoms with Crippen molar-refractivity contribution in [2.24, 2.45) is 5.92 Å². The fourth-order valence-corrected chi connectivity index (χ4v) is 2.16. The van der Waals surface area contributed by atoms with Crippen LogP contribution in [0.1, 0.15) is 64.7 Å². The van der Waals surface area contributed by atoms with Gasteiger partial charge in [-0.25, -0.2) is 0 Å². The highest BCUT2D eigenvalue weighted by atomic mass is 14.2. The molecule has 0 amide bonds. The Balaban J connectivity index is 0.00000121. The predicted molar refractivity (Wildman–Crippen MR) is 55.7 cm³/mol. The summed E-state index contributed by atoms with van der Waals surface area (Å²) in [6.07, 6.45) is 13.4. The molecular formula is C11H25N. The Kier molecular flexibility index (Phi) is 7.58. The standard InChI is InChI=1S/C11H22.H3N/c1-2-3-5-8-11-9-6-4-7-10-11;/h11H,2-10H2,1H3;1H3. The van der Waals surface area contributed by atoms with E-state index in [1.165, 1.54) is 57.8 Å². The summed E-state index contributed by atoms with van der Waals surface area (Å²) >= 11 is 0. The summed E-state index contributed by atoms with van der Waals surface area (Å²) < 4.78 is 0. The molecule has 1 aliphatic rings. The first-order valence-electron chi connectivity index (χ1n) is 5.43. The summed E-state index contributed by atoms with van der Waals surface area (Å²) in [6, 6.07) is 0. The lowest BCUT2D eigenvalue weighted by molar-refractivity contribution is 0.329. The lowest BCUT2D eigenvalue weighted by atomic mass is 9.86. The fraction of sp³-hybridized carbons (Fsp3) is 1.00. The van der Waals surface area contributed by atoms with Crippen LogP contribution in [-0.2, 0) is 0 Å². The maximum absolute atomic E-state index is 2.29. The van der Waals surface area contributed by atoms with Gasteiger partial charge in [0.2, 0.25) is 0 Å². The summed E-state index contributed by atoms with van der Waals surface area (Å²) in [6.45, 7) is 2.29. The molecule has 0 aromatic carbocycles. The average Bonchev–Trinajstić information content (AvgIpc) is 2.07. The van der Waals surface area contributed by atoms with Gasteiger partial charge in [-0.05, 0) is 5.92 Å². The first-order valence-corrected chi connectivity index (χ1v) is 5.43. The molecule has 0 aliphatic heterocycles. The Bertz CT molecular complexity index is 85.0. The van der Waals surface area contributed by atoms with Crippen molar-refractivity contribution in [2.45, 2.75) is 64.7 Å². The molecule has 0 saturated heterocycles. The highest BCUT2D eigenvalue weighted by Gasteiger charge is 2.11. The van der Waals surface area contributed by atoms with Crippen molar-refractivity contribution in [1.82, 2.24) is 6.15 Å². The second kappa shape index (κ2) is 7.60. The van der Waals surface area contributed by atoms with Gasteiger partial charge in [-0.15, -0.1) is 0 Å². The molecule has 0 aromatic heterocycles. The van der Waals surface area contributed by atoms with Crippen LogP contribution >= 0.6 is 0 Å². The molecule has 12 heavy (non-hydrogen) atoms. The molecule has 0 spiro atoms. The van der Waals surface area contributed by atoms with Crippen molar-refractivity contribution in [1.29, 1.82) is 0 Å². The number of hydrogen-bond acceptors (Lipinski definition) is 1. The smallest absolute Gasteiger partial charge is 0.0414 e. The molecule has 3 N–H and O–H groups in total. The minimum Gasteiger partial charge on any atom is -0.344 e. The molecule has 0 unspecified atom stereocenters. The first kappa shape index (κ1) is 12.0. The lowest BCUT2D eigenvalue weighted by Crippen LogP contribution is -2.05. The van der Waals surface area contributed by atoms with E-state index in [9.17, 15) is 0 Å². The molecule has 0 aromatic rings. The Hall–Kier alpha value is -0.0400. The molecule has 74 valence electrons. The second-order valence-corrected chi connectivity index (χ2v) is 4.00. The van der Waals surface area contributed by atoms with Gasteiger partial charge in [0.25, 0.3) is 0 Å². The molecule has 1 heteroatoms. The van der Waals surface area contributed by atoms with Crippen molar-refractivity contribution in [3.05, 3.63) is 0 Å². The zero-order chi connectivity index (χ0) is 7.94. The zero-order valence-corrected chi connectivity index (χ0v) is 8.65. The summed E-state index contributed by atoms with van der Waals surface area (Å²) in [4.78, 5) is 0. The van der Waals surface area contributed by atoms with Crippen molar-refractivity contribution in [3.8, 4) is 0 Å². The average molecular weight is 171 g/mol. The molecule has 0 heterocycles. The van der Waals surface area contributed by atoms with E-state index in [1.807, 2.05) is 0 Å². The van der Waals surface area contributed by atoms with Crippen LogP contribution in [0.15, 0.2) is 0 Å². The van der Waals surface area contributed by atoms with Gasteiger partial charge in [-0.1, -0.05) is 64.7 Å². The van der Waals surface area contributed by atoms with Crippen molar-refractivity contribution >= 4 is 0 Å². The van der Waals surface area contributed by atoms with Crippen LogP contribution < -0.4 is 6.15 Å². The van der Waals surface area contributed by atoms with Crippen LogP contribution in [-0.4, -0.2) is 0 Å². The van der Waals surface area contributed by atoms with E-state index in [4.69, 9.17) is 0 Å². The van der Waals surface area contributed by atoms with E-state index in [2.05, 4.69) is 6.92 Å². The second-order valence-electron chi connectivity index (χ2n) is 4.00. The molecular weight excluding hydrogens is 146 g/mol. The van der Waals surface area contributed by atoms with Gasteiger partial charge < -0.3 is 6.15 Å². The molecule has 0 radical (unpaired) electrons. The van der Waals surface area contributed by atoms with Gasteiger partial charge in [-0.2, -0.15) is 0 Å². The van der Waals surface area contributed by atoms with Crippen LogP contribution in [0.2, 0.25) is 0 Å². The van der Waals surface area contributed by atoms with Gasteiger partial charge in [0.15, 0.2) is 0 Å². The van der Waals surface area contributed by atoms with Crippen molar-refractivity contribution in [3.63, 3.8) is 0 Å². The number of unbranched alkanes of at least 4 members (excludes halogenated alkanes) is 2. The molecule has 1 nitrogen and oxygen atoms in total. The lowest BCUT2D eigenvalue weighted by Gasteiger charge is -2.20. The van der Waals surface area contributed by atoms with Gasteiger partial charge >= 0.3 is 0 Å². The minimum absolute atomic E-state index is 0. The Morgan fingerprint density at radius 3 is 2.25 bits per heavy atom. The number of hydrogen-bond donors (Lipinski definition) is 1. The van der Waals surface area contributed by atoms with Crippen LogP contribution in [0.4, 0.5) is 0 Å². The normalized spacial score (nSPS) is 18.8. The third-order valence-corrected chi connectivity index (χ3v) is 2.94. The highest BCUT2D eigenvalue weighted by molar-refractivity contribution is 4.65. The molecule has 1 aliphatic carbocycles. The van der Waals surface area contributed by atoms with E-state index < -0.39 is 0 Å². The largest absolute Gasteiger partial charge is 0.344 e. The quantitative estimate of drug-likeness (QED) is 0.628. The van der Waals surface area contributed by atoms with Crippen LogP contribution in [0.3, 0.4) is 0 Å². The van der Waals surface area contributed by atoms with E-state index in [1.54, 1.807) is 0 Å². The van der Waals surface area contributed by atoms with Crippen molar-refractivity contribution in [2.75, 3.05) is 0 Å². The Labute approximate surface area is 77.5 Å². The van der Waals surface area contributed by atoms with E-state index in [-0.39, 0.29) is 6.15 Å². The zero-order valence-electron chi connectivity index (χ0n) is 8.65. The van der Waals surface area contributed by atoms with Gasteiger partial charge in [0.05, 0.1) is 0 Å². The van der Waals surface area contributed by atoms with Crippen LogP contribution in [0, 0.1) is 5.92 Å². The molecule has 0 atom stereocenters. The van der Waals surface area contributed by atoms with E-state index in [0.29, 0.717) is 0 Å². The molecule has 1 rings (SSSR count). The SMILES string of the molecule is CCCCCC1CCCCC1.N. The first-order chi connectivity index (χ1) is 5.43. The summed E-state index contributed by atoms with van der Waals surface area (Å²) in [5, 5.41) is 0. The van der Waals surface area contributed by atoms with Gasteiger partial charge in [0, 0.05) is 0 Å². The molecule has 0 bridgehead atoms. The van der Waals surface area contributed by atoms with E-state index in [0.717, 1.165) is 5.92 Å². The topological polar surface area (TPSA) is 35.0 Å². The fourth-order valence-electron chi connectivity index (χ4n) is 2.16. The van der Waals surface area contributed by atoms with Crippen molar-refractivity contribution < 1.29 is 0 Å². The molecule has 1 saturated carbocycles. The summed E-state index contributed by atoms with van der Waals surface area (Å²) in [5.74, 6) is 1.11. The Morgan fingerprint density at radius 2 is 1.67 bits per heavy atom. The summed E-state index contributed by atoms with van der Waals surface area (Å²) in [5.41, 5.74) is 0. The maximum Gasteiger partial charge on any atom is -0.0414 e. The highest BCUT2D eigenvalue weighted by Crippen LogP contribution is 2.27. The monoisotopic (exact) mass is 171 g/mol. The predicted octanol–water partition coefficient (Wildman–Crippen LogP) is 4.31. The van der Waals surface area contributed by atoms with Crippen LogP contribution in [0.5, 0.6) is 0 Å². The maximum atomic E-state index is 2.29. The van der Waals surface area contributed by atoms with E-state index >= 15 is 0 Å². The molecule has 1 fully saturated rings.